The van der Waals surface area contributed by atoms with Crippen LogP contribution in [0.4, 0.5) is 18.9 Å². The lowest BCUT2D eigenvalue weighted by Crippen LogP contribution is -2.29. The number of benzene rings is 2. The summed E-state index contributed by atoms with van der Waals surface area (Å²) in [6, 6.07) is 12.8. The number of nitrogens with zero attached hydrogens (tertiary/aromatic N) is 1. The molecule has 2 aromatic rings. The zero-order valence-corrected chi connectivity index (χ0v) is 14.6. The first-order chi connectivity index (χ1) is 12.3. The summed E-state index contributed by atoms with van der Waals surface area (Å²) in [4.78, 5) is 13.8. The van der Waals surface area contributed by atoms with Gasteiger partial charge in [0.05, 0.1) is 11.6 Å². The van der Waals surface area contributed by atoms with Gasteiger partial charge in [0.25, 0.3) is 0 Å². The summed E-state index contributed by atoms with van der Waals surface area (Å²) in [7, 11) is 0. The van der Waals surface area contributed by atoms with Crippen LogP contribution >= 0.6 is 0 Å². The highest BCUT2D eigenvalue weighted by Gasteiger charge is 2.31. The standard InChI is InChI=1S/C21H20F3NO/c1-14(2)15-5-9-18(10-6-15)25-12-11-19(26)13-20(25)16-3-7-17(8-4-16)21(22,23)24/h3-12,14,20H,13H2,1-2H3. The van der Waals surface area contributed by atoms with Gasteiger partial charge in [-0.25, -0.2) is 0 Å². The highest BCUT2D eigenvalue weighted by atomic mass is 19.4. The van der Waals surface area contributed by atoms with Crippen molar-refractivity contribution in [1.82, 2.24) is 0 Å². The molecule has 1 aliphatic rings. The number of alkyl halides is 3. The van der Waals surface area contributed by atoms with Crippen molar-refractivity contribution < 1.29 is 18.0 Å². The van der Waals surface area contributed by atoms with Crippen LogP contribution in [0.5, 0.6) is 0 Å². The number of allylic oxidation sites excluding steroid dienone is 1. The molecule has 0 bridgehead atoms. The minimum Gasteiger partial charge on any atom is -0.340 e. The third-order valence-electron chi connectivity index (χ3n) is 4.63. The molecule has 0 radical (unpaired) electrons. The van der Waals surface area contributed by atoms with Crippen molar-refractivity contribution in [2.45, 2.75) is 38.4 Å². The van der Waals surface area contributed by atoms with Gasteiger partial charge in [0.1, 0.15) is 0 Å². The van der Waals surface area contributed by atoms with Crippen molar-refractivity contribution in [3.63, 3.8) is 0 Å². The van der Waals surface area contributed by atoms with Crippen molar-refractivity contribution in [2.75, 3.05) is 4.90 Å². The largest absolute Gasteiger partial charge is 0.416 e. The van der Waals surface area contributed by atoms with Gasteiger partial charge < -0.3 is 4.90 Å². The number of hydrogen-bond acceptors (Lipinski definition) is 2. The van der Waals surface area contributed by atoms with E-state index in [0.717, 1.165) is 17.8 Å². The summed E-state index contributed by atoms with van der Waals surface area (Å²) in [5, 5.41) is 0. The molecule has 1 atom stereocenters. The molecular weight excluding hydrogens is 339 g/mol. The van der Waals surface area contributed by atoms with Gasteiger partial charge in [-0.15, -0.1) is 0 Å². The molecule has 1 unspecified atom stereocenters. The van der Waals surface area contributed by atoms with Crippen LogP contribution in [0.1, 0.15) is 48.9 Å². The maximum atomic E-state index is 12.8. The number of carbonyl (C=O) groups is 1. The Labute approximate surface area is 150 Å². The van der Waals surface area contributed by atoms with Crippen molar-refractivity contribution in [3.05, 3.63) is 77.5 Å². The van der Waals surface area contributed by atoms with Crippen LogP contribution in [0.3, 0.4) is 0 Å². The van der Waals surface area contributed by atoms with Crippen LogP contribution in [0.15, 0.2) is 60.8 Å². The van der Waals surface area contributed by atoms with Gasteiger partial charge in [0.15, 0.2) is 5.78 Å². The van der Waals surface area contributed by atoms with Gasteiger partial charge >= 0.3 is 6.18 Å². The molecule has 0 N–H and O–H groups in total. The SMILES string of the molecule is CC(C)c1ccc(N2C=CC(=O)CC2c2ccc(C(F)(F)F)cc2)cc1. The molecule has 0 amide bonds. The van der Waals surface area contributed by atoms with Crippen LogP contribution in [-0.2, 0) is 11.0 Å². The minimum atomic E-state index is -4.37. The van der Waals surface area contributed by atoms with Crippen LogP contribution in [0, 0.1) is 0 Å². The maximum absolute atomic E-state index is 12.8. The minimum absolute atomic E-state index is 0.0371. The molecule has 26 heavy (non-hydrogen) atoms. The Balaban J connectivity index is 1.93. The lowest BCUT2D eigenvalue weighted by atomic mass is 9.95. The highest BCUT2D eigenvalue weighted by molar-refractivity contribution is 5.92. The van der Waals surface area contributed by atoms with Crippen molar-refractivity contribution in [2.24, 2.45) is 0 Å². The lowest BCUT2D eigenvalue weighted by molar-refractivity contribution is -0.137. The molecule has 3 rings (SSSR count). The van der Waals surface area contributed by atoms with Gasteiger partial charge in [0.2, 0.25) is 0 Å². The molecule has 2 nitrogen and oxygen atoms in total. The smallest absolute Gasteiger partial charge is 0.340 e. The number of carbonyl (C=O) groups excluding carboxylic acids is 1. The molecule has 0 saturated heterocycles. The summed E-state index contributed by atoms with van der Waals surface area (Å²) >= 11 is 0. The molecule has 0 spiro atoms. The first-order valence-electron chi connectivity index (χ1n) is 8.52. The van der Waals surface area contributed by atoms with E-state index in [4.69, 9.17) is 0 Å². The second-order valence-corrected chi connectivity index (χ2v) is 6.78. The van der Waals surface area contributed by atoms with Crippen LogP contribution in [0.2, 0.25) is 0 Å². The zero-order chi connectivity index (χ0) is 18.9. The average Bonchev–Trinajstić information content (AvgIpc) is 2.61. The summed E-state index contributed by atoms with van der Waals surface area (Å²) in [6.45, 7) is 4.22. The fourth-order valence-corrected chi connectivity index (χ4v) is 3.09. The van der Waals surface area contributed by atoms with E-state index in [1.807, 2.05) is 29.2 Å². The normalized spacial score (nSPS) is 17.8. The number of anilines is 1. The second kappa shape index (κ2) is 6.98. The van der Waals surface area contributed by atoms with E-state index >= 15 is 0 Å². The van der Waals surface area contributed by atoms with Gasteiger partial charge in [-0.2, -0.15) is 13.2 Å². The number of halogens is 3. The van der Waals surface area contributed by atoms with E-state index in [0.29, 0.717) is 11.5 Å². The summed E-state index contributed by atoms with van der Waals surface area (Å²) in [6.07, 6.45) is -0.920. The molecule has 1 aliphatic heterocycles. The van der Waals surface area contributed by atoms with E-state index < -0.39 is 11.7 Å². The first-order valence-corrected chi connectivity index (χ1v) is 8.52. The summed E-state index contributed by atoms with van der Waals surface area (Å²) < 4.78 is 38.4. The molecule has 0 aliphatic carbocycles. The number of rotatable bonds is 3. The molecule has 2 aromatic carbocycles. The van der Waals surface area contributed by atoms with Crippen molar-refractivity contribution in [1.29, 1.82) is 0 Å². The van der Waals surface area contributed by atoms with Gasteiger partial charge in [-0.1, -0.05) is 38.1 Å². The molecule has 0 fully saturated rings. The van der Waals surface area contributed by atoms with Gasteiger partial charge in [-0.3, -0.25) is 4.79 Å². The van der Waals surface area contributed by atoms with Gasteiger partial charge in [0, 0.05) is 18.3 Å². The predicted molar refractivity (Wildman–Crippen MR) is 96.0 cm³/mol. The van der Waals surface area contributed by atoms with E-state index in [1.54, 1.807) is 6.20 Å². The van der Waals surface area contributed by atoms with Gasteiger partial charge in [-0.05, 0) is 47.4 Å². The number of hydrogen-bond donors (Lipinski definition) is 0. The Bertz CT molecular complexity index is 805. The number of ketones is 1. The molecule has 0 aromatic heterocycles. The fraction of sp³-hybridized carbons (Fsp3) is 0.286. The monoisotopic (exact) mass is 359 g/mol. The Hall–Kier alpha value is -2.56. The topological polar surface area (TPSA) is 20.3 Å². The molecular formula is C21H20F3NO. The summed E-state index contributed by atoms with van der Waals surface area (Å²) in [5.74, 6) is 0.373. The first kappa shape index (κ1) is 18.2. The van der Waals surface area contributed by atoms with Crippen molar-refractivity contribution >= 4 is 11.5 Å². The van der Waals surface area contributed by atoms with Crippen LogP contribution in [-0.4, -0.2) is 5.78 Å². The molecule has 0 saturated carbocycles. The van der Waals surface area contributed by atoms with Crippen molar-refractivity contribution in [3.8, 4) is 0 Å². The third-order valence-corrected chi connectivity index (χ3v) is 4.63. The highest BCUT2D eigenvalue weighted by Crippen LogP contribution is 2.36. The van der Waals surface area contributed by atoms with E-state index in [1.165, 1.54) is 23.8 Å². The van der Waals surface area contributed by atoms with E-state index in [-0.39, 0.29) is 18.2 Å². The Morgan fingerprint density at radius 3 is 2.15 bits per heavy atom. The predicted octanol–water partition coefficient (Wildman–Crippen LogP) is 5.86. The van der Waals surface area contributed by atoms with E-state index in [9.17, 15) is 18.0 Å². The molecule has 5 heteroatoms. The van der Waals surface area contributed by atoms with Crippen LogP contribution in [0.25, 0.3) is 0 Å². The quantitative estimate of drug-likeness (QED) is 0.684. The Kier molecular flexibility index (Phi) is 4.90. The maximum Gasteiger partial charge on any atom is 0.416 e. The van der Waals surface area contributed by atoms with Crippen LogP contribution < -0.4 is 4.90 Å². The summed E-state index contributed by atoms with van der Waals surface area (Å²) in [5.41, 5.74) is 2.11. The molecule has 1 heterocycles. The third kappa shape index (κ3) is 3.82. The zero-order valence-electron chi connectivity index (χ0n) is 14.6. The average molecular weight is 359 g/mol. The Morgan fingerprint density at radius 1 is 1.00 bits per heavy atom. The lowest BCUT2D eigenvalue weighted by Gasteiger charge is -2.33. The molecule has 136 valence electrons. The van der Waals surface area contributed by atoms with E-state index in [2.05, 4.69) is 13.8 Å². The second-order valence-electron chi connectivity index (χ2n) is 6.78. The fourth-order valence-electron chi connectivity index (χ4n) is 3.09. The Morgan fingerprint density at radius 2 is 1.62 bits per heavy atom.